The molecule has 0 amide bonds. The van der Waals surface area contributed by atoms with Gasteiger partial charge in [0.1, 0.15) is 6.61 Å². The Kier molecular flexibility index (Phi) is 0.394. The smallest absolute Gasteiger partial charge is 0.430 e. The van der Waals surface area contributed by atoms with E-state index in [1.807, 2.05) is 0 Å². The lowest BCUT2D eigenvalue weighted by Crippen LogP contribution is -2.21. The summed E-state index contributed by atoms with van der Waals surface area (Å²) in [4.78, 5) is 10.4. The molecule has 2 aliphatic carbocycles. The first-order chi connectivity index (χ1) is 4.33. The maximum Gasteiger partial charge on any atom is 0.509 e. The summed E-state index contributed by atoms with van der Waals surface area (Å²) >= 11 is 0. The molecule has 1 aliphatic heterocycles. The van der Waals surface area contributed by atoms with Gasteiger partial charge in [-0.05, 0) is 6.42 Å². The molecule has 1 spiro atoms. The summed E-state index contributed by atoms with van der Waals surface area (Å²) in [6.07, 6.45) is 0.776. The van der Waals surface area contributed by atoms with Crippen molar-refractivity contribution in [1.82, 2.24) is 0 Å². The van der Waals surface area contributed by atoms with Crippen LogP contribution in [0.3, 0.4) is 0 Å². The molecule has 0 radical (unpaired) electrons. The standard InChI is InChI=1S/C6H6O3/c7-5-8-2-6(9-5)3-1-4(3)6/h3-4H,1-2H2. The van der Waals surface area contributed by atoms with E-state index in [0.29, 0.717) is 18.4 Å². The molecule has 48 valence electrons. The molecule has 3 aliphatic rings. The number of fused-ring (bicyclic) bond motifs is 3. The van der Waals surface area contributed by atoms with Gasteiger partial charge in [-0.2, -0.15) is 0 Å². The molecular weight excluding hydrogens is 120 g/mol. The molecule has 1 saturated heterocycles. The molecule has 3 nitrogen and oxygen atoms in total. The van der Waals surface area contributed by atoms with Crippen molar-refractivity contribution in [3.05, 3.63) is 0 Å². The van der Waals surface area contributed by atoms with Crippen LogP contribution in [0.15, 0.2) is 0 Å². The number of carbonyl (C=O) groups excluding carboxylic acids is 1. The normalized spacial score (nSPS) is 58.4. The van der Waals surface area contributed by atoms with Crippen LogP contribution in [0.1, 0.15) is 6.42 Å². The molecule has 0 N–H and O–H groups in total. The molecule has 1 heterocycles. The van der Waals surface area contributed by atoms with Gasteiger partial charge in [0, 0.05) is 11.8 Å². The Balaban J connectivity index is 1.89. The number of ether oxygens (including phenoxy) is 2. The van der Waals surface area contributed by atoms with Crippen molar-refractivity contribution in [2.75, 3.05) is 6.61 Å². The fourth-order valence-corrected chi connectivity index (χ4v) is 1.76. The zero-order valence-corrected chi connectivity index (χ0v) is 4.79. The highest BCUT2D eigenvalue weighted by Crippen LogP contribution is 2.74. The predicted octanol–water partition coefficient (Wildman–Crippen LogP) is 0.542. The van der Waals surface area contributed by atoms with E-state index in [-0.39, 0.29) is 5.60 Å². The van der Waals surface area contributed by atoms with Crippen molar-refractivity contribution in [1.29, 1.82) is 0 Å². The first-order valence-corrected chi connectivity index (χ1v) is 3.19. The monoisotopic (exact) mass is 126 g/mol. The van der Waals surface area contributed by atoms with E-state index in [1.165, 1.54) is 6.42 Å². The SMILES string of the molecule is O=C1OCC2(O1)C1CC12. The van der Waals surface area contributed by atoms with Gasteiger partial charge in [-0.15, -0.1) is 0 Å². The largest absolute Gasteiger partial charge is 0.509 e. The average Bonchev–Trinajstić information content (AvgIpc) is 2.66. The molecule has 0 aromatic rings. The van der Waals surface area contributed by atoms with Crippen LogP contribution in [-0.2, 0) is 9.47 Å². The molecular formula is C6H6O3. The Hall–Kier alpha value is -0.730. The number of carbonyl (C=O) groups is 1. The van der Waals surface area contributed by atoms with Crippen LogP contribution in [-0.4, -0.2) is 18.4 Å². The van der Waals surface area contributed by atoms with Gasteiger partial charge in [0.15, 0.2) is 5.60 Å². The van der Waals surface area contributed by atoms with E-state index < -0.39 is 6.16 Å². The van der Waals surface area contributed by atoms with Gasteiger partial charge >= 0.3 is 6.16 Å². The van der Waals surface area contributed by atoms with Gasteiger partial charge in [0.2, 0.25) is 0 Å². The van der Waals surface area contributed by atoms with Gasteiger partial charge in [-0.25, -0.2) is 4.79 Å². The first kappa shape index (κ1) is 4.14. The summed E-state index contributed by atoms with van der Waals surface area (Å²) in [5.74, 6) is 1.34. The zero-order chi connectivity index (χ0) is 6.06. The van der Waals surface area contributed by atoms with Crippen LogP contribution in [0.4, 0.5) is 4.79 Å². The molecule has 3 rings (SSSR count). The molecule has 0 aromatic heterocycles. The zero-order valence-electron chi connectivity index (χ0n) is 4.79. The van der Waals surface area contributed by atoms with Gasteiger partial charge in [0.25, 0.3) is 0 Å². The summed E-state index contributed by atoms with van der Waals surface area (Å²) in [6, 6.07) is 0. The first-order valence-electron chi connectivity index (χ1n) is 3.19. The summed E-state index contributed by atoms with van der Waals surface area (Å²) < 4.78 is 9.63. The van der Waals surface area contributed by atoms with Crippen LogP contribution < -0.4 is 0 Å². The van der Waals surface area contributed by atoms with E-state index in [4.69, 9.17) is 4.74 Å². The minimum atomic E-state index is -0.470. The van der Waals surface area contributed by atoms with Gasteiger partial charge in [0.05, 0.1) is 0 Å². The molecule has 2 unspecified atom stereocenters. The van der Waals surface area contributed by atoms with Crippen molar-refractivity contribution in [2.24, 2.45) is 11.8 Å². The summed E-state index contributed by atoms with van der Waals surface area (Å²) in [5, 5.41) is 0. The lowest BCUT2D eigenvalue weighted by molar-refractivity contribution is 0.0889. The molecule has 2 saturated carbocycles. The number of cyclic esters (lactones) is 1. The molecule has 0 aromatic carbocycles. The number of hydrogen-bond acceptors (Lipinski definition) is 3. The van der Waals surface area contributed by atoms with Crippen LogP contribution in [0.5, 0.6) is 0 Å². The fourth-order valence-electron chi connectivity index (χ4n) is 1.76. The quantitative estimate of drug-likeness (QED) is 0.444. The van der Waals surface area contributed by atoms with Crippen molar-refractivity contribution in [3.8, 4) is 0 Å². The topological polar surface area (TPSA) is 35.5 Å². The van der Waals surface area contributed by atoms with E-state index in [9.17, 15) is 4.79 Å². The maximum atomic E-state index is 10.4. The molecule has 3 heteroatoms. The third kappa shape index (κ3) is 0.293. The predicted molar refractivity (Wildman–Crippen MR) is 26.8 cm³/mol. The molecule has 3 fully saturated rings. The molecule has 2 atom stereocenters. The third-order valence-corrected chi connectivity index (χ3v) is 2.63. The van der Waals surface area contributed by atoms with Crippen LogP contribution in [0.2, 0.25) is 0 Å². The van der Waals surface area contributed by atoms with Crippen LogP contribution in [0, 0.1) is 11.8 Å². The summed E-state index contributed by atoms with van der Waals surface area (Å²) in [7, 11) is 0. The second kappa shape index (κ2) is 0.856. The average molecular weight is 126 g/mol. The van der Waals surface area contributed by atoms with Gasteiger partial charge < -0.3 is 9.47 Å². The van der Waals surface area contributed by atoms with Crippen LogP contribution >= 0.6 is 0 Å². The van der Waals surface area contributed by atoms with Crippen molar-refractivity contribution < 1.29 is 14.3 Å². The van der Waals surface area contributed by atoms with E-state index in [0.717, 1.165) is 0 Å². The Bertz CT molecular complexity index is 190. The second-order valence-electron chi connectivity index (χ2n) is 3.04. The minimum absolute atomic E-state index is 0.100. The Morgan fingerprint density at radius 3 is 2.56 bits per heavy atom. The van der Waals surface area contributed by atoms with Crippen LogP contribution in [0.25, 0.3) is 0 Å². The summed E-state index contributed by atoms with van der Waals surface area (Å²) in [5.41, 5.74) is -0.100. The highest BCUT2D eigenvalue weighted by molar-refractivity contribution is 5.65. The van der Waals surface area contributed by atoms with E-state index in [1.54, 1.807) is 0 Å². The van der Waals surface area contributed by atoms with Crippen molar-refractivity contribution >= 4 is 6.16 Å². The molecule has 9 heavy (non-hydrogen) atoms. The Morgan fingerprint density at radius 1 is 1.56 bits per heavy atom. The highest BCUT2D eigenvalue weighted by Gasteiger charge is 2.82. The third-order valence-electron chi connectivity index (χ3n) is 2.63. The lowest BCUT2D eigenvalue weighted by Gasteiger charge is -2.08. The van der Waals surface area contributed by atoms with Crippen molar-refractivity contribution in [3.63, 3.8) is 0 Å². The Labute approximate surface area is 51.9 Å². The lowest BCUT2D eigenvalue weighted by atomic mass is 10.1. The maximum absolute atomic E-state index is 10.4. The fraction of sp³-hybridized carbons (Fsp3) is 0.833. The second-order valence-corrected chi connectivity index (χ2v) is 3.04. The molecule has 0 bridgehead atoms. The van der Waals surface area contributed by atoms with E-state index in [2.05, 4.69) is 4.74 Å². The van der Waals surface area contributed by atoms with Crippen molar-refractivity contribution in [2.45, 2.75) is 12.0 Å². The minimum Gasteiger partial charge on any atom is -0.430 e. The van der Waals surface area contributed by atoms with Gasteiger partial charge in [-0.3, -0.25) is 0 Å². The Morgan fingerprint density at radius 2 is 2.33 bits per heavy atom. The number of rotatable bonds is 0. The number of hydrogen-bond donors (Lipinski definition) is 0. The van der Waals surface area contributed by atoms with E-state index >= 15 is 0 Å². The highest BCUT2D eigenvalue weighted by atomic mass is 16.8. The van der Waals surface area contributed by atoms with Gasteiger partial charge in [-0.1, -0.05) is 0 Å². The summed E-state index contributed by atoms with van der Waals surface area (Å²) in [6.45, 7) is 0.515.